The zero-order valence-corrected chi connectivity index (χ0v) is 30.9. The molecule has 0 bridgehead atoms. The van der Waals surface area contributed by atoms with E-state index in [1.165, 1.54) is 0 Å². The molecule has 1 aliphatic rings. The molecular formula is C41H49NO9S. The lowest BCUT2D eigenvalue weighted by Crippen LogP contribution is -2.69. The first kappa shape index (κ1) is 39.1. The van der Waals surface area contributed by atoms with E-state index in [4.69, 9.17) is 27.9 Å². The third-order valence-electron chi connectivity index (χ3n) is 8.46. The fraction of sp³-hybridized carbons (Fsp3) is 0.390. The van der Waals surface area contributed by atoms with Crippen LogP contribution in [0.25, 0.3) is 0 Å². The summed E-state index contributed by atoms with van der Waals surface area (Å²) in [4.78, 5) is 13.6. The average Bonchev–Trinajstić information content (AvgIpc) is 3.11. The molecule has 0 unspecified atom stereocenters. The second-order valence-corrected chi connectivity index (χ2v) is 15.5. The number of hydrogen-bond acceptors (Lipinski definition) is 9. The van der Waals surface area contributed by atoms with Crippen LogP contribution in [0.5, 0.6) is 0 Å². The predicted molar refractivity (Wildman–Crippen MR) is 198 cm³/mol. The first-order valence-corrected chi connectivity index (χ1v) is 19.2. The van der Waals surface area contributed by atoms with Crippen molar-refractivity contribution >= 4 is 16.2 Å². The minimum Gasteiger partial charge on any atom is -0.444 e. The maximum absolute atomic E-state index is 13.6. The highest BCUT2D eigenvalue weighted by Crippen LogP contribution is 2.37. The highest BCUT2D eigenvalue weighted by molar-refractivity contribution is 7.86. The molecule has 0 aliphatic heterocycles. The van der Waals surface area contributed by atoms with Crippen molar-refractivity contribution in [1.29, 1.82) is 0 Å². The second kappa shape index (κ2) is 18.6. The molecule has 11 heteroatoms. The van der Waals surface area contributed by atoms with Gasteiger partial charge in [-0.1, -0.05) is 121 Å². The molecule has 278 valence electrons. The second-order valence-electron chi connectivity index (χ2n) is 13.9. The maximum atomic E-state index is 13.6. The molecular weight excluding hydrogens is 683 g/mol. The Balaban J connectivity index is 1.59. The van der Waals surface area contributed by atoms with Crippen molar-refractivity contribution in [3.63, 3.8) is 0 Å². The van der Waals surface area contributed by atoms with Crippen molar-refractivity contribution in [1.82, 2.24) is 5.32 Å². The van der Waals surface area contributed by atoms with E-state index in [1.54, 1.807) is 20.8 Å². The number of amides is 1. The van der Waals surface area contributed by atoms with E-state index in [9.17, 15) is 13.2 Å². The van der Waals surface area contributed by atoms with Crippen molar-refractivity contribution in [2.75, 3.05) is 12.9 Å². The molecule has 1 amide bonds. The van der Waals surface area contributed by atoms with E-state index < -0.39 is 58.2 Å². The van der Waals surface area contributed by atoms with Gasteiger partial charge >= 0.3 is 6.09 Å². The maximum Gasteiger partial charge on any atom is 0.407 e. The van der Waals surface area contributed by atoms with Gasteiger partial charge in [-0.15, -0.1) is 0 Å². The lowest BCUT2D eigenvalue weighted by molar-refractivity contribution is -0.228. The van der Waals surface area contributed by atoms with Crippen LogP contribution in [0.3, 0.4) is 0 Å². The summed E-state index contributed by atoms with van der Waals surface area (Å²) in [5.74, 6) is -0.691. The number of ether oxygens (including phenoxy) is 5. The molecule has 4 aromatic rings. The summed E-state index contributed by atoms with van der Waals surface area (Å²) in [7, 11) is -4.10. The van der Waals surface area contributed by atoms with Gasteiger partial charge in [0.05, 0.1) is 51.4 Å². The van der Waals surface area contributed by atoms with Crippen LogP contribution >= 0.6 is 0 Å². The fourth-order valence-electron chi connectivity index (χ4n) is 6.20. The molecule has 0 saturated heterocycles. The van der Waals surface area contributed by atoms with Gasteiger partial charge in [-0.2, -0.15) is 8.42 Å². The van der Waals surface area contributed by atoms with Crippen molar-refractivity contribution < 1.29 is 41.1 Å². The Bertz CT molecular complexity index is 1750. The standard InChI is InChI=1S/C41H49NO9S/c1-41(2,3)50-40(43)42-35-34(29-46-25-30-17-9-5-10-18-30)36(47-26-31-19-11-6-12-20-31)38(48-27-32-21-13-7-14-22-32)39(37(35)51-52(4,44)45)49-28-33-23-15-8-16-24-33/h5-24,34-39H,25-29H2,1-4H3,(H,42,43)/t34-,35-,36+,37+,38-,39-/m0/s1. The third kappa shape index (κ3) is 12.3. The molecule has 0 heterocycles. The Morgan fingerprint density at radius 1 is 0.596 bits per heavy atom. The van der Waals surface area contributed by atoms with E-state index in [0.29, 0.717) is 0 Å². The molecule has 5 rings (SSSR count). The lowest BCUT2D eigenvalue weighted by Gasteiger charge is -2.50. The zero-order chi connectivity index (χ0) is 37.0. The lowest BCUT2D eigenvalue weighted by atomic mass is 9.76. The van der Waals surface area contributed by atoms with Gasteiger partial charge in [-0.3, -0.25) is 4.18 Å². The van der Waals surface area contributed by atoms with Crippen molar-refractivity contribution in [3.8, 4) is 0 Å². The summed E-state index contributed by atoms with van der Waals surface area (Å²) in [6.45, 7) is 6.07. The smallest absolute Gasteiger partial charge is 0.407 e. The van der Waals surface area contributed by atoms with Gasteiger partial charge in [-0.05, 0) is 43.0 Å². The van der Waals surface area contributed by atoms with Gasteiger partial charge in [0.1, 0.15) is 23.9 Å². The predicted octanol–water partition coefficient (Wildman–Crippen LogP) is 6.83. The number of hydrogen-bond donors (Lipinski definition) is 1. The minimum absolute atomic E-state index is 0.0506. The molecule has 1 saturated carbocycles. The van der Waals surface area contributed by atoms with Gasteiger partial charge in [-0.25, -0.2) is 4.79 Å². The van der Waals surface area contributed by atoms with Crippen molar-refractivity contribution in [2.45, 2.75) is 83.3 Å². The Hall–Kier alpha value is -4.10. The number of alkyl carbamates (subject to hydrolysis) is 1. The summed E-state index contributed by atoms with van der Waals surface area (Å²) in [6, 6.07) is 37.5. The van der Waals surface area contributed by atoms with Crippen LogP contribution in [-0.4, -0.2) is 63.4 Å². The van der Waals surface area contributed by atoms with Gasteiger partial charge < -0.3 is 29.0 Å². The normalized spacial score (nSPS) is 22.1. The van der Waals surface area contributed by atoms with E-state index in [0.717, 1.165) is 28.5 Å². The van der Waals surface area contributed by atoms with Crippen molar-refractivity contribution in [2.24, 2.45) is 5.92 Å². The molecule has 0 radical (unpaired) electrons. The number of rotatable bonds is 16. The topological polar surface area (TPSA) is 119 Å². The van der Waals surface area contributed by atoms with E-state index in [-0.39, 0.29) is 33.0 Å². The van der Waals surface area contributed by atoms with E-state index >= 15 is 0 Å². The van der Waals surface area contributed by atoms with Crippen LogP contribution in [0, 0.1) is 5.92 Å². The van der Waals surface area contributed by atoms with Gasteiger partial charge in [0.2, 0.25) is 0 Å². The first-order chi connectivity index (χ1) is 24.9. The van der Waals surface area contributed by atoms with Crippen LogP contribution in [0.2, 0.25) is 0 Å². The molecule has 1 N–H and O–H groups in total. The highest BCUT2D eigenvalue weighted by Gasteiger charge is 2.55. The molecule has 6 atom stereocenters. The summed E-state index contributed by atoms with van der Waals surface area (Å²) in [5.41, 5.74) is 2.79. The molecule has 4 aromatic carbocycles. The van der Waals surface area contributed by atoms with E-state index in [2.05, 4.69) is 5.32 Å². The molecule has 1 aliphatic carbocycles. The van der Waals surface area contributed by atoms with Crippen molar-refractivity contribution in [3.05, 3.63) is 144 Å². The van der Waals surface area contributed by atoms with Gasteiger partial charge in [0, 0.05) is 5.92 Å². The van der Waals surface area contributed by atoms with Crippen LogP contribution in [0.1, 0.15) is 43.0 Å². The number of carbonyl (C=O) groups is 1. The summed E-state index contributed by atoms with van der Waals surface area (Å²) >= 11 is 0. The fourth-order valence-corrected chi connectivity index (χ4v) is 6.84. The Morgan fingerprint density at radius 2 is 0.981 bits per heavy atom. The monoisotopic (exact) mass is 731 g/mol. The van der Waals surface area contributed by atoms with Gasteiger partial charge in [0.25, 0.3) is 10.1 Å². The molecule has 52 heavy (non-hydrogen) atoms. The SMILES string of the molecule is CC(C)(C)OC(=O)N[C@H]1[C@H](COCc2ccccc2)[C@@H](OCc2ccccc2)[C@H](OCc2ccccc2)[C@@H](OCc2ccccc2)[C@@H]1OS(C)(=O)=O. The molecule has 0 spiro atoms. The first-order valence-electron chi connectivity index (χ1n) is 17.4. The Kier molecular flexibility index (Phi) is 14.0. The van der Waals surface area contributed by atoms with Crippen LogP contribution in [0.4, 0.5) is 4.79 Å². The number of carbonyl (C=O) groups excluding carboxylic acids is 1. The Labute approximate surface area is 307 Å². The average molecular weight is 732 g/mol. The number of nitrogens with one attached hydrogen (secondary N) is 1. The molecule has 1 fully saturated rings. The highest BCUT2D eigenvalue weighted by atomic mass is 32.2. The van der Waals surface area contributed by atoms with E-state index in [1.807, 2.05) is 121 Å². The molecule has 10 nitrogen and oxygen atoms in total. The minimum atomic E-state index is -4.10. The number of benzene rings is 4. The molecule has 0 aromatic heterocycles. The van der Waals surface area contributed by atoms with Crippen LogP contribution in [-0.2, 0) is 64.4 Å². The van der Waals surface area contributed by atoms with Crippen LogP contribution < -0.4 is 5.32 Å². The quantitative estimate of drug-likeness (QED) is 0.124. The summed E-state index contributed by atoms with van der Waals surface area (Å²) in [6.07, 6.45) is -3.72. The zero-order valence-electron chi connectivity index (χ0n) is 30.1. The largest absolute Gasteiger partial charge is 0.444 e. The van der Waals surface area contributed by atoms with Crippen LogP contribution in [0.15, 0.2) is 121 Å². The van der Waals surface area contributed by atoms with Gasteiger partial charge in [0.15, 0.2) is 0 Å². The third-order valence-corrected chi connectivity index (χ3v) is 9.03. The Morgan fingerprint density at radius 3 is 1.38 bits per heavy atom. The summed E-state index contributed by atoms with van der Waals surface area (Å²) in [5, 5.41) is 2.95. The summed E-state index contributed by atoms with van der Waals surface area (Å²) < 4.78 is 64.1.